The minimum Gasteiger partial charge on any atom is -0.489 e. The molecule has 3 aromatic carbocycles. The minimum atomic E-state index is -0.189. The molecule has 0 spiro atoms. The van der Waals surface area contributed by atoms with E-state index in [9.17, 15) is 4.79 Å². The third-order valence-corrected chi connectivity index (χ3v) is 4.45. The highest BCUT2D eigenvalue weighted by Gasteiger charge is 2.18. The van der Waals surface area contributed by atoms with E-state index in [1.54, 1.807) is 12.1 Å². The number of rotatable bonds is 7. The summed E-state index contributed by atoms with van der Waals surface area (Å²) in [4.78, 5) is 12.3. The van der Waals surface area contributed by atoms with Crippen molar-refractivity contribution in [3.05, 3.63) is 90.0 Å². The van der Waals surface area contributed by atoms with Crippen LogP contribution < -0.4 is 14.8 Å². The lowest BCUT2D eigenvalue weighted by molar-refractivity contribution is -0.118. The summed E-state index contributed by atoms with van der Waals surface area (Å²) in [5, 5.41) is 2.95. The van der Waals surface area contributed by atoms with E-state index >= 15 is 0 Å². The second kappa shape index (κ2) is 9.28. The Labute approximate surface area is 172 Å². The van der Waals surface area contributed by atoms with Gasteiger partial charge in [0.2, 0.25) is 0 Å². The Morgan fingerprint density at radius 1 is 0.793 bits per heavy atom. The van der Waals surface area contributed by atoms with Gasteiger partial charge in [-0.25, -0.2) is 0 Å². The van der Waals surface area contributed by atoms with E-state index in [1.807, 2.05) is 66.7 Å². The topological polar surface area (TPSA) is 47.6 Å². The van der Waals surface area contributed by atoms with Gasteiger partial charge < -0.3 is 14.8 Å². The second-order valence-corrected chi connectivity index (χ2v) is 7.88. The molecule has 4 heteroatoms. The molecule has 0 unspecified atom stereocenters. The van der Waals surface area contributed by atoms with Crippen LogP contribution in [0.15, 0.2) is 78.9 Å². The number of amides is 1. The fourth-order valence-corrected chi connectivity index (χ4v) is 2.95. The zero-order valence-corrected chi connectivity index (χ0v) is 17.1. The van der Waals surface area contributed by atoms with Crippen molar-refractivity contribution in [2.45, 2.75) is 32.8 Å². The Balaban J connectivity index is 1.51. The predicted octanol–water partition coefficient (Wildman–Crippen LogP) is 5.58. The summed E-state index contributed by atoms with van der Waals surface area (Å²) in [6, 6.07) is 25.1. The van der Waals surface area contributed by atoms with Crippen molar-refractivity contribution in [2.75, 3.05) is 11.9 Å². The first-order valence-electron chi connectivity index (χ1n) is 9.71. The smallest absolute Gasteiger partial charge is 0.262 e. The van der Waals surface area contributed by atoms with Crippen LogP contribution in [0.2, 0.25) is 0 Å². The predicted molar refractivity (Wildman–Crippen MR) is 116 cm³/mol. The largest absolute Gasteiger partial charge is 0.489 e. The van der Waals surface area contributed by atoms with E-state index in [-0.39, 0.29) is 17.9 Å². The highest BCUT2D eigenvalue weighted by atomic mass is 16.5. The third-order valence-electron chi connectivity index (χ3n) is 4.45. The number of anilines is 1. The molecular formula is C25H27NO3. The monoisotopic (exact) mass is 389 g/mol. The van der Waals surface area contributed by atoms with Crippen LogP contribution >= 0.6 is 0 Å². The van der Waals surface area contributed by atoms with Crippen molar-refractivity contribution < 1.29 is 14.3 Å². The molecule has 0 radical (unpaired) electrons. The molecule has 150 valence electrons. The van der Waals surface area contributed by atoms with Crippen LogP contribution in [0.5, 0.6) is 11.5 Å². The van der Waals surface area contributed by atoms with Crippen LogP contribution in [-0.2, 0) is 16.8 Å². The summed E-state index contributed by atoms with van der Waals surface area (Å²) >= 11 is 0. The summed E-state index contributed by atoms with van der Waals surface area (Å²) in [5.41, 5.74) is 2.96. The zero-order valence-electron chi connectivity index (χ0n) is 17.1. The molecule has 4 nitrogen and oxygen atoms in total. The lowest BCUT2D eigenvalue weighted by atomic mass is 9.86. The summed E-state index contributed by atoms with van der Waals surface area (Å²) < 4.78 is 11.4. The van der Waals surface area contributed by atoms with Crippen molar-refractivity contribution in [1.82, 2.24) is 0 Å². The molecule has 0 heterocycles. The molecule has 0 aliphatic rings. The first kappa shape index (κ1) is 20.5. The molecule has 1 amide bonds. The number of para-hydroxylation sites is 1. The quantitative estimate of drug-likeness (QED) is 0.574. The average molecular weight is 389 g/mol. The number of carbonyl (C=O) groups is 1. The Morgan fingerprint density at radius 3 is 2.03 bits per heavy atom. The van der Waals surface area contributed by atoms with E-state index in [1.165, 1.54) is 0 Å². The number of carbonyl (C=O) groups excluding carboxylic acids is 1. The first-order chi connectivity index (χ1) is 13.9. The molecule has 0 bridgehead atoms. The average Bonchev–Trinajstić information content (AvgIpc) is 2.72. The van der Waals surface area contributed by atoms with Gasteiger partial charge in [-0.3, -0.25) is 4.79 Å². The Kier molecular flexibility index (Phi) is 6.55. The maximum atomic E-state index is 12.3. The lowest BCUT2D eigenvalue weighted by Gasteiger charge is -2.23. The van der Waals surface area contributed by atoms with Gasteiger partial charge in [-0.1, -0.05) is 69.3 Å². The fraction of sp³-hybridized carbons (Fsp3) is 0.240. The van der Waals surface area contributed by atoms with Crippen molar-refractivity contribution in [1.29, 1.82) is 0 Å². The van der Waals surface area contributed by atoms with Crippen LogP contribution in [0, 0.1) is 0 Å². The fourth-order valence-electron chi connectivity index (χ4n) is 2.95. The Bertz CT molecular complexity index is 928. The molecule has 0 saturated carbocycles. The van der Waals surface area contributed by atoms with E-state index in [2.05, 4.69) is 26.1 Å². The van der Waals surface area contributed by atoms with Crippen LogP contribution in [0.25, 0.3) is 0 Å². The molecule has 0 saturated heterocycles. The third kappa shape index (κ3) is 6.11. The highest BCUT2D eigenvalue weighted by Crippen LogP contribution is 2.29. The summed E-state index contributed by atoms with van der Waals surface area (Å²) in [6.07, 6.45) is 0. The van der Waals surface area contributed by atoms with Gasteiger partial charge in [-0.05, 0) is 46.9 Å². The van der Waals surface area contributed by atoms with E-state index in [4.69, 9.17) is 9.47 Å². The normalized spacial score (nSPS) is 11.0. The second-order valence-electron chi connectivity index (χ2n) is 7.88. The van der Waals surface area contributed by atoms with Crippen molar-refractivity contribution in [3.8, 4) is 11.5 Å². The zero-order chi connectivity index (χ0) is 20.7. The van der Waals surface area contributed by atoms with Gasteiger partial charge in [0, 0.05) is 5.69 Å². The van der Waals surface area contributed by atoms with Crippen molar-refractivity contribution in [3.63, 3.8) is 0 Å². The number of nitrogens with one attached hydrogen (secondary N) is 1. The van der Waals surface area contributed by atoms with Crippen molar-refractivity contribution in [2.24, 2.45) is 0 Å². The molecule has 3 aromatic rings. The van der Waals surface area contributed by atoms with Gasteiger partial charge in [0.1, 0.15) is 18.1 Å². The standard InChI is InChI=1S/C25H27NO3/c1-25(2,3)22-11-7-8-12-23(22)26-24(27)18-29-21-15-13-20(14-16-21)28-17-19-9-5-4-6-10-19/h4-16H,17-18H2,1-3H3,(H,26,27). The number of ether oxygens (including phenoxy) is 2. The van der Waals surface area contributed by atoms with E-state index < -0.39 is 0 Å². The van der Waals surface area contributed by atoms with Gasteiger partial charge in [-0.15, -0.1) is 0 Å². The molecule has 0 atom stereocenters. The van der Waals surface area contributed by atoms with Crippen LogP contribution in [0.3, 0.4) is 0 Å². The van der Waals surface area contributed by atoms with Gasteiger partial charge in [0.15, 0.2) is 6.61 Å². The van der Waals surface area contributed by atoms with E-state index in [0.29, 0.717) is 12.4 Å². The maximum absolute atomic E-state index is 12.3. The van der Waals surface area contributed by atoms with Gasteiger partial charge in [0.05, 0.1) is 0 Å². The summed E-state index contributed by atoms with van der Waals surface area (Å²) in [5.74, 6) is 1.19. The number of hydrogen-bond acceptors (Lipinski definition) is 3. The lowest BCUT2D eigenvalue weighted by Crippen LogP contribution is -2.23. The molecule has 29 heavy (non-hydrogen) atoms. The summed E-state index contributed by atoms with van der Waals surface area (Å²) in [7, 11) is 0. The molecule has 1 N–H and O–H groups in total. The van der Waals surface area contributed by atoms with Crippen LogP contribution in [-0.4, -0.2) is 12.5 Å². The van der Waals surface area contributed by atoms with Gasteiger partial charge in [0.25, 0.3) is 5.91 Å². The highest BCUT2D eigenvalue weighted by molar-refractivity contribution is 5.92. The number of benzene rings is 3. The molecule has 3 rings (SSSR count). The maximum Gasteiger partial charge on any atom is 0.262 e. The van der Waals surface area contributed by atoms with E-state index in [0.717, 1.165) is 22.6 Å². The Morgan fingerprint density at radius 2 is 1.38 bits per heavy atom. The molecule has 0 aliphatic carbocycles. The van der Waals surface area contributed by atoms with Crippen LogP contribution in [0.1, 0.15) is 31.9 Å². The first-order valence-corrected chi connectivity index (χ1v) is 9.71. The Hall–Kier alpha value is -3.27. The summed E-state index contributed by atoms with van der Waals surface area (Å²) in [6.45, 7) is 6.82. The molecule has 0 aliphatic heterocycles. The van der Waals surface area contributed by atoms with Crippen molar-refractivity contribution >= 4 is 11.6 Å². The van der Waals surface area contributed by atoms with Gasteiger partial charge >= 0.3 is 0 Å². The molecule has 0 aromatic heterocycles. The number of hydrogen-bond donors (Lipinski definition) is 1. The van der Waals surface area contributed by atoms with Gasteiger partial charge in [-0.2, -0.15) is 0 Å². The minimum absolute atomic E-state index is 0.0529. The van der Waals surface area contributed by atoms with Crippen LogP contribution in [0.4, 0.5) is 5.69 Å². The molecular weight excluding hydrogens is 362 g/mol. The molecule has 0 fully saturated rings. The SMILES string of the molecule is CC(C)(C)c1ccccc1NC(=O)COc1ccc(OCc2ccccc2)cc1.